The number of rotatable bonds is 7. The molecule has 1 aromatic carbocycles. The number of para-hydroxylation sites is 1. The van der Waals surface area contributed by atoms with Crippen molar-refractivity contribution < 1.29 is 9.84 Å². The van der Waals surface area contributed by atoms with Crippen molar-refractivity contribution in [2.75, 3.05) is 13.2 Å². The summed E-state index contributed by atoms with van der Waals surface area (Å²) in [4.78, 5) is 1.25. The lowest BCUT2D eigenvalue weighted by atomic mass is 10.2. The summed E-state index contributed by atoms with van der Waals surface area (Å²) < 4.78 is 5.50. The van der Waals surface area contributed by atoms with Crippen LogP contribution in [0.3, 0.4) is 0 Å². The first-order chi connectivity index (χ1) is 9.66. The molecule has 0 bridgehead atoms. The topological polar surface area (TPSA) is 41.5 Å². The number of aliphatic hydroxyl groups is 1. The predicted molar refractivity (Wildman–Crippen MR) is 90.9 cm³/mol. The lowest BCUT2D eigenvalue weighted by Gasteiger charge is -2.17. The van der Waals surface area contributed by atoms with E-state index in [1.165, 1.54) is 4.88 Å². The standard InChI is InChI=1S/C15H18ClNO2S.ClH/c1-11(15-7-4-8-20-15)17-9-12(18)10-19-14-6-3-2-5-13(14)16;/h2-8,11-12,17-18H,9-10H2,1H3;1H. The molecule has 3 nitrogen and oxygen atoms in total. The Balaban J connectivity index is 0.00000220. The van der Waals surface area contributed by atoms with Crippen LogP contribution in [0, 0.1) is 0 Å². The van der Waals surface area contributed by atoms with E-state index in [0.29, 0.717) is 17.3 Å². The molecule has 2 aromatic rings. The van der Waals surface area contributed by atoms with Crippen LogP contribution in [-0.2, 0) is 0 Å². The largest absolute Gasteiger partial charge is 0.489 e. The second-order valence-corrected chi connectivity index (χ2v) is 5.93. The van der Waals surface area contributed by atoms with E-state index in [9.17, 15) is 5.11 Å². The van der Waals surface area contributed by atoms with Crippen LogP contribution in [0.15, 0.2) is 41.8 Å². The molecule has 0 fully saturated rings. The molecule has 2 unspecified atom stereocenters. The lowest BCUT2D eigenvalue weighted by molar-refractivity contribution is 0.104. The molecule has 0 aliphatic rings. The van der Waals surface area contributed by atoms with Crippen LogP contribution >= 0.6 is 35.3 Å². The molecule has 2 rings (SSSR count). The highest BCUT2D eigenvalue weighted by atomic mass is 35.5. The molecule has 0 spiro atoms. The van der Waals surface area contributed by atoms with E-state index in [4.69, 9.17) is 16.3 Å². The van der Waals surface area contributed by atoms with Gasteiger partial charge in [-0.15, -0.1) is 23.7 Å². The fourth-order valence-electron chi connectivity index (χ4n) is 1.76. The summed E-state index contributed by atoms with van der Waals surface area (Å²) in [7, 11) is 0. The van der Waals surface area contributed by atoms with E-state index < -0.39 is 6.10 Å². The van der Waals surface area contributed by atoms with Crippen molar-refractivity contribution in [3.05, 3.63) is 51.7 Å². The SMILES string of the molecule is CC(NCC(O)COc1ccccc1Cl)c1cccs1.Cl. The molecule has 116 valence electrons. The number of ether oxygens (including phenoxy) is 1. The monoisotopic (exact) mass is 347 g/mol. The molecule has 6 heteroatoms. The molecular weight excluding hydrogens is 329 g/mol. The van der Waals surface area contributed by atoms with Gasteiger partial charge in [-0.3, -0.25) is 0 Å². The maximum absolute atomic E-state index is 9.92. The van der Waals surface area contributed by atoms with Gasteiger partial charge in [0.15, 0.2) is 0 Å². The predicted octanol–water partition coefficient (Wildman–Crippen LogP) is 3.91. The summed E-state index contributed by atoms with van der Waals surface area (Å²) in [6.45, 7) is 2.77. The Morgan fingerprint density at radius 2 is 2.05 bits per heavy atom. The molecule has 0 saturated heterocycles. The molecule has 1 aromatic heterocycles. The number of halogens is 2. The first-order valence-electron chi connectivity index (χ1n) is 6.49. The maximum Gasteiger partial charge on any atom is 0.138 e. The number of thiophene rings is 1. The van der Waals surface area contributed by atoms with Crippen molar-refractivity contribution in [2.24, 2.45) is 0 Å². The summed E-state index contributed by atoms with van der Waals surface area (Å²) in [5.74, 6) is 0.597. The van der Waals surface area contributed by atoms with Gasteiger partial charge in [0.1, 0.15) is 18.5 Å². The smallest absolute Gasteiger partial charge is 0.138 e. The van der Waals surface area contributed by atoms with Gasteiger partial charge >= 0.3 is 0 Å². The van der Waals surface area contributed by atoms with Gasteiger partial charge in [0.2, 0.25) is 0 Å². The fourth-order valence-corrected chi connectivity index (χ4v) is 2.71. The summed E-state index contributed by atoms with van der Waals surface area (Å²) >= 11 is 7.68. The molecular formula is C15H19Cl2NO2S. The third kappa shape index (κ3) is 5.85. The first kappa shape index (κ1) is 18.3. The third-order valence-corrected chi connectivity index (χ3v) is 4.26. The van der Waals surface area contributed by atoms with Crippen molar-refractivity contribution in [3.63, 3.8) is 0 Å². The van der Waals surface area contributed by atoms with Crippen LogP contribution in [0.1, 0.15) is 17.8 Å². The Labute approximate surface area is 140 Å². The zero-order valence-corrected chi connectivity index (χ0v) is 14.0. The van der Waals surface area contributed by atoms with Gasteiger partial charge in [-0.1, -0.05) is 29.8 Å². The van der Waals surface area contributed by atoms with Gasteiger partial charge < -0.3 is 15.2 Å². The molecule has 0 radical (unpaired) electrons. The van der Waals surface area contributed by atoms with Gasteiger partial charge in [0.25, 0.3) is 0 Å². The minimum atomic E-state index is -0.575. The molecule has 21 heavy (non-hydrogen) atoms. The van der Waals surface area contributed by atoms with Crippen molar-refractivity contribution in [2.45, 2.75) is 19.1 Å². The van der Waals surface area contributed by atoms with Crippen LogP contribution in [-0.4, -0.2) is 24.4 Å². The van der Waals surface area contributed by atoms with Crippen LogP contribution in [0.5, 0.6) is 5.75 Å². The van der Waals surface area contributed by atoms with E-state index in [0.717, 1.165) is 0 Å². The van der Waals surface area contributed by atoms with Gasteiger partial charge in [-0.25, -0.2) is 0 Å². The Hall–Kier alpha value is -0.780. The van der Waals surface area contributed by atoms with Gasteiger partial charge in [-0.2, -0.15) is 0 Å². The summed E-state index contributed by atoms with van der Waals surface area (Å²) in [6.07, 6.45) is -0.575. The highest BCUT2D eigenvalue weighted by Crippen LogP contribution is 2.23. The summed E-state index contributed by atoms with van der Waals surface area (Å²) in [5.41, 5.74) is 0. The number of hydrogen-bond donors (Lipinski definition) is 2. The average Bonchev–Trinajstić information content (AvgIpc) is 2.98. The van der Waals surface area contributed by atoms with Gasteiger partial charge in [-0.05, 0) is 30.5 Å². The molecule has 2 atom stereocenters. The van der Waals surface area contributed by atoms with Crippen molar-refractivity contribution >= 4 is 35.3 Å². The number of hydrogen-bond acceptors (Lipinski definition) is 4. The number of aliphatic hydroxyl groups excluding tert-OH is 1. The first-order valence-corrected chi connectivity index (χ1v) is 7.74. The van der Waals surface area contributed by atoms with Crippen molar-refractivity contribution in [3.8, 4) is 5.75 Å². The Bertz CT molecular complexity index is 522. The van der Waals surface area contributed by atoms with Crippen molar-refractivity contribution in [1.82, 2.24) is 5.32 Å². The number of benzene rings is 1. The molecule has 1 heterocycles. The minimum Gasteiger partial charge on any atom is -0.489 e. The highest BCUT2D eigenvalue weighted by Gasteiger charge is 2.10. The third-order valence-electron chi connectivity index (χ3n) is 2.90. The molecule has 0 aliphatic heterocycles. The van der Waals surface area contributed by atoms with E-state index >= 15 is 0 Å². The molecule has 0 amide bonds. The Kier molecular flexibility index (Phi) is 8.07. The Morgan fingerprint density at radius 1 is 1.29 bits per heavy atom. The van der Waals surface area contributed by atoms with E-state index in [1.807, 2.05) is 23.6 Å². The molecule has 0 saturated carbocycles. The quantitative estimate of drug-likeness (QED) is 0.797. The minimum absolute atomic E-state index is 0. The average molecular weight is 348 g/mol. The fraction of sp³-hybridized carbons (Fsp3) is 0.333. The van der Waals surface area contributed by atoms with Gasteiger partial charge in [0.05, 0.1) is 5.02 Å². The van der Waals surface area contributed by atoms with Crippen LogP contribution in [0.25, 0.3) is 0 Å². The van der Waals surface area contributed by atoms with Crippen molar-refractivity contribution in [1.29, 1.82) is 0 Å². The highest BCUT2D eigenvalue weighted by molar-refractivity contribution is 7.10. The van der Waals surface area contributed by atoms with E-state index in [1.54, 1.807) is 23.5 Å². The summed E-state index contributed by atoms with van der Waals surface area (Å²) in [5, 5.41) is 15.8. The van der Waals surface area contributed by atoms with Crippen LogP contribution in [0.4, 0.5) is 0 Å². The van der Waals surface area contributed by atoms with E-state index in [2.05, 4.69) is 18.3 Å². The molecule has 2 N–H and O–H groups in total. The van der Waals surface area contributed by atoms with Gasteiger partial charge in [0, 0.05) is 17.5 Å². The second-order valence-electron chi connectivity index (χ2n) is 4.54. The summed E-state index contributed by atoms with van der Waals surface area (Å²) in [6, 6.07) is 11.6. The van der Waals surface area contributed by atoms with E-state index in [-0.39, 0.29) is 25.1 Å². The lowest BCUT2D eigenvalue weighted by Crippen LogP contribution is -2.32. The second kappa shape index (κ2) is 9.28. The number of nitrogens with one attached hydrogen (secondary N) is 1. The zero-order chi connectivity index (χ0) is 14.4. The van der Waals surface area contributed by atoms with Crippen LogP contribution < -0.4 is 10.1 Å². The molecule has 0 aliphatic carbocycles. The maximum atomic E-state index is 9.92. The normalized spacial score (nSPS) is 13.3. The van der Waals surface area contributed by atoms with Crippen LogP contribution in [0.2, 0.25) is 5.02 Å². The zero-order valence-electron chi connectivity index (χ0n) is 11.7. The Morgan fingerprint density at radius 3 is 2.71 bits per heavy atom.